The van der Waals surface area contributed by atoms with Gasteiger partial charge in [0.25, 0.3) is 0 Å². The Labute approximate surface area is 158 Å². The molecule has 0 fully saturated rings. The average molecular weight is 368 g/mol. The molecule has 0 aliphatic carbocycles. The maximum absolute atomic E-state index is 12.6. The van der Waals surface area contributed by atoms with E-state index >= 15 is 0 Å². The first-order valence-corrected chi connectivity index (χ1v) is 10.1. The normalized spacial score (nSPS) is 13.7. The summed E-state index contributed by atoms with van der Waals surface area (Å²) in [6.07, 6.45) is 0. The van der Waals surface area contributed by atoms with Gasteiger partial charge in [-0.15, -0.1) is 0 Å². The van der Waals surface area contributed by atoms with E-state index in [0.29, 0.717) is 12.5 Å². The Morgan fingerprint density at radius 1 is 0.923 bits per heavy atom. The molecule has 3 nitrogen and oxygen atoms in total. The van der Waals surface area contributed by atoms with Crippen LogP contribution in [0.15, 0.2) is 71.6 Å². The summed E-state index contributed by atoms with van der Waals surface area (Å²) in [5, 5.41) is 2.24. The van der Waals surface area contributed by atoms with Crippen LogP contribution in [-0.2, 0) is 11.0 Å². The Balaban J connectivity index is 1.56. The second kappa shape index (κ2) is 8.47. The zero-order valence-corrected chi connectivity index (χ0v) is 16.3. The van der Waals surface area contributed by atoms with E-state index in [2.05, 4.69) is 36.8 Å². The van der Waals surface area contributed by atoms with Crippen LogP contribution in [0.4, 0.5) is 0 Å². The van der Waals surface area contributed by atoms with Gasteiger partial charge in [0.05, 0.1) is 10.9 Å². The topological polar surface area (TPSA) is 38.3 Å². The van der Waals surface area contributed by atoms with Crippen molar-refractivity contribution >= 4 is 21.8 Å². The van der Waals surface area contributed by atoms with Crippen molar-refractivity contribution in [3.63, 3.8) is 0 Å². The van der Waals surface area contributed by atoms with Crippen molar-refractivity contribution in [3.8, 4) is 5.75 Å². The van der Waals surface area contributed by atoms with Gasteiger partial charge in [0.2, 0.25) is 0 Å². The molecule has 0 aromatic heterocycles. The third kappa shape index (κ3) is 4.71. The molecule has 1 N–H and O–H groups in total. The highest BCUT2D eigenvalue weighted by Crippen LogP contribution is 2.19. The molecule has 0 heterocycles. The first kappa shape index (κ1) is 18.6. The molecule has 2 atom stereocenters. The zero-order valence-electron chi connectivity index (χ0n) is 15.4. The summed E-state index contributed by atoms with van der Waals surface area (Å²) in [6.45, 7) is 6.77. The standard InChI is InChI=1S/C22H25NO2S/c1-16(2)18-8-11-21(12-9-18)25-15-17(3)23-26(24)22-13-10-19-6-4-5-7-20(19)14-22/h4-14,16-17,23H,15H2,1-3H3/t17-,26-/m1/s1. The Morgan fingerprint density at radius 2 is 1.62 bits per heavy atom. The fourth-order valence-electron chi connectivity index (χ4n) is 2.74. The Hall–Kier alpha value is -2.17. The van der Waals surface area contributed by atoms with Gasteiger partial charge in [-0.1, -0.05) is 56.3 Å². The molecule has 0 aliphatic heterocycles. The van der Waals surface area contributed by atoms with Crippen LogP contribution in [0.3, 0.4) is 0 Å². The van der Waals surface area contributed by atoms with Crippen molar-refractivity contribution < 1.29 is 8.95 Å². The smallest absolute Gasteiger partial charge is 0.125 e. The van der Waals surface area contributed by atoms with Crippen molar-refractivity contribution in [3.05, 3.63) is 72.3 Å². The van der Waals surface area contributed by atoms with Crippen molar-refractivity contribution in [2.45, 2.75) is 37.6 Å². The van der Waals surface area contributed by atoms with Crippen LogP contribution in [0.5, 0.6) is 5.75 Å². The molecule has 0 saturated heterocycles. The highest BCUT2D eigenvalue weighted by atomic mass is 32.2. The van der Waals surface area contributed by atoms with E-state index in [1.165, 1.54) is 5.56 Å². The lowest BCUT2D eigenvalue weighted by Gasteiger charge is -2.15. The third-order valence-electron chi connectivity index (χ3n) is 4.29. The van der Waals surface area contributed by atoms with E-state index in [0.717, 1.165) is 21.4 Å². The third-order valence-corrected chi connectivity index (χ3v) is 5.59. The Morgan fingerprint density at radius 3 is 2.31 bits per heavy atom. The second-order valence-electron chi connectivity index (χ2n) is 6.83. The van der Waals surface area contributed by atoms with Crippen LogP contribution in [0, 0.1) is 0 Å². The molecular formula is C22H25NO2S. The van der Waals surface area contributed by atoms with Crippen molar-refractivity contribution in [1.29, 1.82) is 0 Å². The van der Waals surface area contributed by atoms with Crippen LogP contribution in [0.25, 0.3) is 10.8 Å². The van der Waals surface area contributed by atoms with E-state index in [9.17, 15) is 4.21 Å². The highest BCUT2D eigenvalue weighted by Gasteiger charge is 2.10. The minimum atomic E-state index is -1.27. The number of benzene rings is 3. The molecule has 3 aromatic carbocycles. The molecule has 0 unspecified atom stereocenters. The van der Waals surface area contributed by atoms with Gasteiger partial charge < -0.3 is 4.74 Å². The predicted octanol–water partition coefficient (Wildman–Crippen LogP) is 5.04. The molecule has 26 heavy (non-hydrogen) atoms. The molecule has 136 valence electrons. The largest absolute Gasteiger partial charge is 0.492 e. The Kier molecular flexibility index (Phi) is 6.07. The predicted molar refractivity (Wildman–Crippen MR) is 109 cm³/mol. The minimum absolute atomic E-state index is 0.0351. The van der Waals surface area contributed by atoms with Crippen LogP contribution >= 0.6 is 0 Å². The lowest BCUT2D eigenvalue weighted by Crippen LogP contribution is -2.33. The van der Waals surface area contributed by atoms with Gasteiger partial charge in [0.15, 0.2) is 0 Å². The molecule has 0 saturated carbocycles. The van der Waals surface area contributed by atoms with E-state index in [1.807, 2.05) is 55.5 Å². The SMILES string of the molecule is CC(C)c1ccc(OC[C@@H](C)N[S@](=O)c2ccc3ccccc3c2)cc1. The van der Waals surface area contributed by atoms with Crippen molar-refractivity contribution in [2.75, 3.05) is 6.61 Å². The van der Waals surface area contributed by atoms with E-state index < -0.39 is 11.0 Å². The van der Waals surface area contributed by atoms with Gasteiger partial charge in [-0.2, -0.15) is 0 Å². The number of fused-ring (bicyclic) bond motifs is 1. The lowest BCUT2D eigenvalue weighted by atomic mass is 10.0. The van der Waals surface area contributed by atoms with Crippen LogP contribution in [-0.4, -0.2) is 16.9 Å². The van der Waals surface area contributed by atoms with Gasteiger partial charge in [0, 0.05) is 0 Å². The first-order valence-electron chi connectivity index (χ1n) is 8.92. The fourth-order valence-corrected chi connectivity index (χ4v) is 3.73. The molecule has 0 aliphatic rings. The highest BCUT2D eigenvalue weighted by molar-refractivity contribution is 7.83. The van der Waals surface area contributed by atoms with Crippen LogP contribution < -0.4 is 9.46 Å². The summed E-state index contributed by atoms with van der Waals surface area (Å²) in [5.74, 6) is 1.34. The lowest BCUT2D eigenvalue weighted by molar-refractivity contribution is 0.289. The van der Waals surface area contributed by atoms with Gasteiger partial charge in [-0.25, -0.2) is 8.93 Å². The van der Waals surface area contributed by atoms with Crippen molar-refractivity contribution in [2.24, 2.45) is 0 Å². The molecule has 0 bridgehead atoms. The molecular weight excluding hydrogens is 342 g/mol. The van der Waals surface area contributed by atoms with Gasteiger partial charge >= 0.3 is 0 Å². The summed E-state index contributed by atoms with van der Waals surface area (Å²) in [4.78, 5) is 0.775. The molecule has 0 amide bonds. The number of ether oxygens (including phenoxy) is 1. The number of hydrogen-bond acceptors (Lipinski definition) is 2. The van der Waals surface area contributed by atoms with Crippen LogP contribution in [0.2, 0.25) is 0 Å². The number of hydrogen-bond donors (Lipinski definition) is 1. The fraction of sp³-hybridized carbons (Fsp3) is 0.273. The van der Waals surface area contributed by atoms with Crippen LogP contribution in [0.1, 0.15) is 32.3 Å². The molecule has 3 aromatic rings. The second-order valence-corrected chi connectivity index (χ2v) is 8.08. The molecule has 0 spiro atoms. The maximum atomic E-state index is 12.6. The van der Waals surface area contributed by atoms with Gasteiger partial charge in [-0.05, 0) is 53.4 Å². The molecule has 4 heteroatoms. The summed E-state index contributed by atoms with van der Waals surface area (Å²) in [5.41, 5.74) is 1.29. The monoisotopic (exact) mass is 367 g/mol. The first-order chi connectivity index (χ1) is 12.5. The van der Waals surface area contributed by atoms with Gasteiger partial charge in [0.1, 0.15) is 23.3 Å². The van der Waals surface area contributed by atoms with E-state index in [-0.39, 0.29) is 6.04 Å². The van der Waals surface area contributed by atoms with E-state index in [4.69, 9.17) is 4.74 Å². The average Bonchev–Trinajstić information content (AvgIpc) is 2.66. The van der Waals surface area contributed by atoms with Gasteiger partial charge in [-0.3, -0.25) is 0 Å². The van der Waals surface area contributed by atoms with Crippen molar-refractivity contribution in [1.82, 2.24) is 4.72 Å². The summed E-state index contributed by atoms with van der Waals surface area (Å²) in [7, 11) is -1.27. The maximum Gasteiger partial charge on any atom is 0.125 e. The minimum Gasteiger partial charge on any atom is -0.492 e. The summed E-state index contributed by atoms with van der Waals surface area (Å²) < 4.78 is 21.5. The number of rotatable bonds is 7. The Bertz CT molecular complexity index is 890. The van der Waals surface area contributed by atoms with E-state index in [1.54, 1.807) is 0 Å². The molecule has 3 rings (SSSR count). The zero-order chi connectivity index (χ0) is 18.5. The summed E-state index contributed by atoms with van der Waals surface area (Å²) >= 11 is 0. The quantitative estimate of drug-likeness (QED) is 0.635. The summed E-state index contributed by atoms with van der Waals surface area (Å²) in [6, 6.07) is 22.1. The molecule has 0 radical (unpaired) electrons. The number of nitrogens with one attached hydrogen (secondary N) is 1.